The van der Waals surface area contributed by atoms with Crippen LogP contribution in [0.5, 0.6) is 0 Å². The summed E-state index contributed by atoms with van der Waals surface area (Å²) in [6.45, 7) is 1.80. The van der Waals surface area contributed by atoms with Gasteiger partial charge in [0, 0.05) is 5.56 Å². The Labute approximate surface area is 95.0 Å². The molecule has 0 aliphatic carbocycles. The molecule has 0 aromatic heterocycles. The van der Waals surface area contributed by atoms with E-state index in [4.69, 9.17) is 14.6 Å². The van der Waals surface area contributed by atoms with Crippen LogP contribution in [0.25, 0.3) is 0 Å². The van der Waals surface area contributed by atoms with Crippen molar-refractivity contribution in [3.63, 3.8) is 0 Å². The molecular weight excluding hydrogens is 204 g/mol. The van der Waals surface area contributed by atoms with Gasteiger partial charge >= 0.3 is 0 Å². The Balaban J connectivity index is 2.00. The first-order chi connectivity index (χ1) is 7.90. The summed E-state index contributed by atoms with van der Waals surface area (Å²) in [6, 6.07) is 7.80. The maximum atomic E-state index is 8.66. The van der Waals surface area contributed by atoms with Gasteiger partial charge in [-0.15, -0.1) is 0 Å². The largest absolute Gasteiger partial charge is 0.384 e. The number of hydrogen-bond acceptors (Lipinski definition) is 3. The highest BCUT2D eigenvalue weighted by molar-refractivity contribution is 5.40. The van der Waals surface area contributed by atoms with Gasteiger partial charge < -0.3 is 14.6 Å². The smallest absolute Gasteiger partial charge is 0.105 e. The average molecular weight is 218 g/mol. The van der Waals surface area contributed by atoms with Crippen LogP contribution in [0.15, 0.2) is 24.3 Å². The first-order valence-corrected chi connectivity index (χ1v) is 5.27. The van der Waals surface area contributed by atoms with Gasteiger partial charge in [-0.3, -0.25) is 0 Å². The molecular formula is C13H14O3. The molecule has 1 heterocycles. The maximum Gasteiger partial charge on any atom is 0.105 e. The van der Waals surface area contributed by atoms with E-state index in [-0.39, 0.29) is 12.7 Å². The van der Waals surface area contributed by atoms with Crippen LogP contribution in [0, 0.1) is 11.8 Å². The molecule has 1 N–H and O–H groups in total. The standard InChI is InChI=1S/C13H14O3/c14-7-3-6-11-4-1-2-5-12(11)8-16-13-9-15-10-13/h1-2,4-5,13-14H,7-10H2. The molecule has 0 saturated carbocycles. The van der Waals surface area contributed by atoms with Crippen molar-refractivity contribution in [2.24, 2.45) is 0 Å². The normalized spacial score (nSPS) is 15.1. The van der Waals surface area contributed by atoms with Crippen molar-refractivity contribution < 1.29 is 14.6 Å². The van der Waals surface area contributed by atoms with Gasteiger partial charge in [0.1, 0.15) is 12.7 Å². The van der Waals surface area contributed by atoms with Gasteiger partial charge in [0.2, 0.25) is 0 Å². The third-order valence-electron chi connectivity index (χ3n) is 2.40. The van der Waals surface area contributed by atoms with E-state index in [0.29, 0.717) is 19.8 Å². The summed E-state index contributed by atoms with van der Waals surface area (Å²) in [5.74, 6) is 5.56. The third kappa shape index (κ3) is 2.83. The van der Waals surface area contributed by atoms with E-state index >= 15 is 0 Å². The molecule has 16 heavy (non-hydrogen) atoms. The van der Waals surface area contributed by atoms with E-state index in [9.17, 15) is 0 Å². The van der Waals surface area contributed by atoms with E-state index in [1.807, 2.05) is 24.3 Å². The number of rotatable bonds is 3. The summed E-state index contributed by atoms with van der Waals surface area (Å²) in [4.78, 5) is 0. The van der Waals surface area contributed by atoms with E-state index < -0.39 is 0 Å². The Morgan fingerprint density at radius 1 is 1.38 bits per heavy atom. The first kappa shape index (κ1) is 11.2. The summed E-state index contributed by atoms with van der Waals surface area (Å²) >= 11 is 0. The molecule has 0 unspecified atom stereocenters. The fourth-order valence-corrected chi connectivity index (χ4v) is 1.42. The molecule has 1 aromatic rings. The molecule has 1 aliphatic heterocycles. The van der Waals surface area contributed by atoms with Crippen LogP contribution in [0.3, 0.4) is 0 Å². The maximum absolute atomic E-state index is 8.66. The molecule has 1 aliphatic rings. The predicted octanol–water partition coefficient (Wildman–Crippen LogP) is 0.946. The van der Waals surface area contributed by atoms with E-state index in [1.165, 1.54) is 0 Å². The summed E-state index contributed by atoms with van der Waals surface area (Å²) < 4.78 is 10.7. The molecule has 0 radical (unpaired) electrons. The summed E-state index contributed by atoms with van der Waals surface area (Å²) in [6.07, 6.45) is 0.221. The minimum Gasteiger partial charge on any atom is -0.384 e. The summed E-state index contributed by atoms with van der Waals surface area (Å²) in [5.41, 5.74) is 1.96. The number of benzene rings is 1. The molecule has 1 fully saturated rings. The Morgan fingerprint density at radius 3 is 2.88 bits per heavy atom. The number of aliphatic hydroxyl groups excluding tert-OH is 1. The lowest BCUT2D eigenvalue weighted by molar-refractivity contribution is -0.135. The summed E-state index contributed by atoms with van der Waals surface area (Å²) in [7, 11) is 0. The molecule has 1 aromatic carbocycles. The van der Waals surface area contributed by atoms with E-state index in [0.717, 1.165) is 11.1 Å². The SMILES string of the molecule is OCC#Cc1ccccc1COC1COC1. The molecule has 0 spiro atoms. The lowest BCUT2D eigenvalue weighted by Crippen LogP contribution is -2.35. The minimum atomic E-state index is -0.119. The van der Waals surface area contributed by atoms with Crippen LogP contribution in [0.4, 0.5) is 0 Å². The summed E-state index contributed by atoms with van der Waals surface area (Å²) in [5, 5.41) is 8.66. The Bertz CT molecular complexity index is 399. The monoisotopic (exact) mass is 218 g/mol. The van der Waals surface area contributed by atoms with Gasteiger partial charge in [-0.05, 0) is 11.6 Å². The fourth-order valence-electron chi connectivity index (χ4n) is 1.42. The second-order valence-corrected chi connectivity index (χ2v) is 3.59. The minimum absolute atomic E-state index is 0.119. The van der Waals surface area contributed by atoms with E-state index in [1.54, 1.807) is 0 Å². The quantitative estimate of drug-likeness (QED) is 0.767. The zero-order chi connectivity index (χ0) is 11.2. The van der Waals surface area contributed by atoms with Crippen LogP contribution in [0.2, 0.25) is 0 Å². The van der Waals surface area contributed by atoms with Crippen molar-refractivity contribution in [2.75, 3.05) is 19.8 Å². The van der Waals surface area contributed by atoms with Gasteiger partial charge in [0.15, 0.2) is 0 Å². The Kier molecular flexibility index (Phi) is 3.95. The lowest BCUT2D eigenvalue weighted by Gasteiger charge is -2.26. The Morgan fingerprint density at radius 2 is 2.19 bits per heavy atom. The lowest BCUT2D eigenvalue weighted by atomic mass is 10.1. The number of aliphatic hydroxyl groups is 1. The topological polar surface area (TPSA) is 38.7 Å². The molecule has 0 atom stereocenters. The van der Waals surface area contributed by atoms with Crippen molar-refractivity contribution in [1.82, 2.24) is 0 Å². The predicted molar refractivity (Wildman–Crippen MR) is 59.8 cm³/mol. The van der Waals surface area contributed by atoms with Crippen LogP contribution >= 0.6 is 0 Å². The number of ether oxygens (including phenoxy) is 2. The van der Waals surface area contributed by atoms with Gasteiger partial charge in [0.05, 0.1) is 19.8 Å². The van der Waals surface area contributed by atoms with Crippen molar-refractivity contribution >= 4 is 0 Å². The molecule has 84 valence electrons. The second kappa shape index (κ2) is 5.66. The third-order valence-corrected chi connectivity index (χ3v) is 2.40. The molecule has 0 bridgehead atoms. The zero-order valence-corrected chi connectivity index (χ0v) is 8.98. The van der Waals surface area contributed by atoms with Crippen LogP contribution in [-0.4, -0.2) is 31.0 Å². The van der Waals surface area contributed by atoms with Gasteiger partial charge in [0.25, 0.3) is 0 Å². The Hall–Kier alpha value is -1.34. The average Bonchev–Trinajstić information content (AvgIpc) is 2.26. The molecule has 3 nitrogen and oxygen atoms in total. The second-order valence-electron chi connectivity index (χ2n) is 3.59. The van der Waals surface area contributed by atoms with Crippen LogP contribution < -0.4 is 0 Å². The molecule has 1 saturated heterocycles. The first-order valence-electron chi connectivity index (χ1n) is 5.27. The molecule has 3 heteroatoms. The zero-order valence-electron chi connectivity index (χ0n) is 8.98. The van der Waals surface area contributed by atoms with E-state index in [2.05, 4.69) is 11.8 Å². The number of hydrogen-bond donors (Lipinski definition) is 1. The van der Waals surface area contributed by atoms with Gasteiger partial charge in [-0.2, -0.15) is 0 Å². The van der Waals surface area contributed by atoms with Crippen molar-refractivity contribution in [1.29, 1.82) is 0 Å². The van der Waals surface area contributed by atoms with Crippen LogP contribution in [-0.2, 0) is 16.1 Å². The van der Waals surface area contributed by atoms with Crippen LogP contribution in [0.1, 0.15) is 11.1 Å². The van der Waals surface area contributed by atoms with Gasteiger partial charge in [-0.1, -0.05) is 30.0 Å². The molecule has 0 amide bonds. The fraction of sp³-hybridized carbons (Fsp3) is 0.385. The highest BCUT2D eigenvalue weighted by atomic mass is 16.6. The molecule has 2 rings (SSSR count). The highest BCUT2D eigenvalue weighted by Crippen LogP contribution is 2.13. The van der Waals surface area contributed by atoms with Gasteiger partial charge in [-0.25, -0.2) is 0 Å². The highest BCUT2D eigenvalue weighted by Gasteiger charge is 2.18. The van der Waals surface area contributed by atoms with Crippen molar-refractivity contribution in [3.8, 4) is 11.8 Å². The van der Waals surface area contributed by atoms with Crippen molar-refractivity contribution in [2.45, 2.75) is 12.7 Å². The van der Waals surface area contributed by atoms with Crippen molar-refractivity contribution in [3.05, 3.63) is 35.4 Å².